The van der Waals surface area contributed by atoms with E-state index in [1.54, 1.807) is 0 Å². The van der Waals surface area contributed by atoms with Crippen LogP contribution in [0, 0.1) is 18.6 Å². The van der Waals surface area contributed by atoms with E-state index in [-0.39, 0.29) is 5.56 Å². The van der Waals surface area contributed by atoms with Crippen LogP contribution in [0.2, 0.25) is 0 Å². The number of alkyl halides is 3. The van der Waals surface area contributed by atoms with Crippen LogP contribution in [0.15, 0.2) is 12.1 Å². The van der Waals surface area contributed by atoms with Crippen molar-refractivity contribution >= 4 is 0 Å². The third-order valence-electron chi connectivity index (χ3n) is 3.67. The number of piperazine rings is 1. The Balaban J connectivity index is 2.41. The van der Waals surface area contributed by atoms with Gasteiger partial charge in [-0.1, -0.05) is 6.07 Å². The highest BCUT2D eigenvalue weighted by atomic mass is 19.4. The fourth-order valence-corrected chi connectivity index (χ4v) is 2.61. The Bertz CT molecular complexity index is 495. The molecule has 21 heavy (non-hydrogen) atoms. The first-order chi connectivity index (χ1) is 9.79. The van der Waals surface area contributed by atoms with Crippen LogP contribution < -0.4 is 5.32 Å². The Hall–Kier alpha value is -1.21. The average Bonchev–Trinajstić information content (AvgIpc) is 2.42. The predicted molar refractivity (Wildman–Crippen MR) is 69.0 cm³/mol. The van der Waals surface area contributed by atoms with Gasteiger partial charge in [0.15, 0.2) is 0 Å². The van der Waals surface area contributed by atoms with Gasteiger partial charge in [-0.3, -0.25) is 4.90 Å². The third kappa shape index (κ3) is 3.91. The Morgan fingerprint density at radius 2 is 1.81 bits per heavy atom. The minimum Gasteiger partial charge on any atom is -0.314 e. The number of halogens is 5. The molecular formula is C14H17F5N2. The number of hydrogen-bond acceptors (Lipinski definition) is 2. The number of nitrogens with one attached hydrogen (secondary N) is 1. The molecule has 2 rings (SSSR count). The molecule has 0 aliphatic carbocycles. The summed E-state index contributed by atoms with van der Waals surface area (Å²) in [5.74, 6) is -1.81. The van der Waals surface area contributed by atoms with Gasteiger partial charge in [0.25, 0.3) is 0 Å². The van der Waals surface area contributed by atoms with E-state index >= 15 is 0 Å². The first kappa shape index (κ1) is 16.2. The molecule has 1 fully saturated rings. The standard InChI is InChI=1S/C14H17F5N2/c1-9-2-3-10(15)12(13(9)16)11(8-14(17,18)19)21-6-4-20-5-7-21/h2-3,11,20H,4-8H2,1H3/t11-/m1/s1. The first-order valence-electron chi connectivity index (χ1n) is 6.75. The normalized spacial score (nSPS) is 18.8. The molecule has 1 saturated heterocycles. The number of nitrogens with zero attached hydrogens (tertiary/aromatic N) is 1. The number of benzene rings is 1. The highest BCUT2D eigenvalue weighted by molar-refractivity contribution is 5.29. The smallest absolute Gasteiger partial charge is 0.314 e. The Labute approximate surface area is 119 Å². The van der Waals surface area contributed by atoms with Crippen LogP contribution in [0.25, 0.3) is 0 Å². The van der Waals surface area contributed by atoms with Crippen molar-refractivity contribution in [1.82, 2.24) is 10.2 Å². The van der Waals surface area contributed by atoms with Gasteiger partial charge in [0.2, 0.25) is 0 Å². The second-order valence-electron chi connectivity index (χ2n) is 5.21. The van der Waals surface area contributed by atoms with Gasteiger partial charge in [-0.2, -0.15) is 13.2 Å². The zero-order valence-corrected chi connectivity index (χ0v) is 11.6. The summed E-state index contributed by atoms with van der Waals surface area (Å²) >= 11 is 0. The number of hydrogen-bond donors (Lipinski definition) is 1. The highest BCUT2D eigenvalue weighted by Crippen LogP contribution is 2.37. The van der Waals surface area contributed by atoms with E-state index in [9.17, 15) is 22.0 Å². The third-order valence-corrected chi connectivity index (χ3v) is 3.67. The topological polar surface area (TPSA) is 15.3 Å². The van der Waals surface area contributed by atoms with Crippen LogP contribution in [0.4, 0.5) is 22.0 Å². The van der Waals surface area contributed by atoms with Gasteiger partial charge < -0.3 is 5.32 Å². The van der Waals surface area contributed by atoms with Crippen LogP contribution in [-0.2, 0) is 0 Å². The minimum absolute atomic E-state index is 0.147. The molecule has 0 radical (unpaired) electrons. The maximum absolute atomic E-state index is 14.2. The molecule has 7 heteroatoms. The predicted octanol–water partition coefficient (Wildman–Crippen LogP) is 3.17. The van der Waals surface area contributed by atoms with E-state index in [0.29, 0.717) is 26.2 Å². The summed E-state index contributed by atoms with van der Waals surface area (Å²) in [6.07, 6.45) is -5.75. The monoisotopic (exact) mass is 308 g/mol. The molecular weight excluding hydrogens is 291 g/mol. The SMILES string of the molecule is Cc1ccc(F)c([C@@H](CC(F)(F)F)N2CCNCC2)c1F. The lowest BCUT2D eigenvalue weighted by atomic mass is 9.97. The van der Waals surface area contributed by atoms with Gasteiger partial charge in [-0.15, -0.1) is 0 Å². The maximum Gasteiger partial charge on any atom is 0.390 e. The van der Waals surface area contributed by atoms with Gasteiger partial charge in [0.1, 0.15) is 11.6 Å². The summed E-state index contributed by atoms with van der Waals surface area (Å²) in [5.41, 5.74) is -0.331. The van der Waals surface area contributed by atoms with Crippen LogP contribution in [0.3, 0.4) is 0 Å². The Morgan fingerprint density at radius 1 is 1.19 bits per heavy atom. The summed E-state index contributed by atoms with van der Waals surface area (Å²) in [6.45, 7) is 3.08. The van der Waals surface area contributed by atoms with Gasteiger partial charge in [-0.05, 0) is 18.6 Å². The van der Waals surface area contributed by atoms with Crippen molar-refractivity contribution < 1.29 is 22.0 Å². The lowest BCUT2D eigenvalue weighted by Crippen LogP contribution is -2.46. The highest BCUT2D eigenvalue weighted by Gasteiger charge is 2.38. The quantitative estimate of drug-likeness (QED) is 0.863. The number of aryl methyl sites for hydroxylation is 1. The second kappa shape index (κ2) is 6.27. The Kier molecular flexibility index (Phi) is 4.83. The average molecular weight is 308 g/mol. The molecule has 118 valence electrons. The van der Waals surface area contributed by atoms with Gasteiger partial charge in [-0.25, -0.2) is 8.78 Å². The van der Waals surface area contributed by atoms with Crippen molar-refractivity contribution in [2.75, 3.05) is 26.2 Å². The molecule has 2 nitrogen and oxygen atoms in total. The molecule has 0 bridgehead atoms. The molecule has 1 aromatic carbocycles. The maximum atomic E-state index is 14.2. The van der Waals surface area contributed by atoms with Crippen molar-refractivity contribution in [3.63, 3.8) is 0 Å². The Morgan fingerprint density at radius 3 is 2.38 bits per heavy atom. The fraction of sp³-hybridized carbons (Fsp3) is 0.571. The summed E-state index contributed by atoms with van der Waals surface area (Å²) in [4.78, 5) is 1.49. The van der Waals surface area contributed by atoms with E-state index < -0.39 is 35.8 Å². The van der Waals surface area contributed by atoms with E-state index in [1.165, 1.54) is 17.9 Å². The molecule has 1 heterocycles. The fourth-order valence-electron chi connectivity index (χ4n) is 2.61. The molecule has 1 aliphatic rings. The molecule has 0 amide bonds. The van der Waals surface area contributed by atoms with Gasteiger partial charge in [0.05, 0.1) is 6.42 Å². The molecule has 0 aromatic heterocycles. The molecule has 1 aromatic rings. The van der Waals surface area contributed by atoms with Gasteiger partial charge >= 0.3 is 6.18 Å². The minimum atomic E-state index is -4.49. The van der Waals surface area contributed by atoms with E-state index in [4.69, 9.17) is 0 Å². The summed E-state index contributed by atoms with van der Waals surface area (Å²) in [5, 5.41) is 3.01. The summed E-state index contributed by atoms with van der Waals surface area (Å²) in [6, 6.07) is 0.933. The number of rotatable bonds is 3. The zero-order valence-electron chi connectivity index (χ0n) is 11.6. The van der Waals surface area contributed by atoms with Crippen molar-refractivity contribution in [3.8, 4) is 0 Å². The molecule has 0 saturated carbocycles. The zero-order chi connectivity index (χ0) is 15.6. The molecule has 1 N–H and O–H groups in total. The van der Waals surface area contributed by atoms with Crippen molar-refractivity contribution in [3.05, 3.63) is 34.9 Å². The largest absolute Gasteiger partial charge is 0.390 e. The lowest BCUT2D eigenvalue weighted by Gasteiger charge is -2.36. The molecule has 0 unspecified atom stereocenters. The second-order valence-corrected chi connectivity index (χ2v) is 5.21. The van der Waals surface area contributed by atoms with Crippen molar-refractivity contribution in [2.45, 2.75) is 25.6 Å². The first-order valence-corrected chi connectivity index (χ1v) is 6.75. The molecule has 1 atom stereocenters. The summed E-state index contributed by atoms with van der Waals surface area (Å²) < 4.78 is 66.6. The lowest BCUT2D eigenvalue weighted by molar-refractivity contribution is -0.149. The van der Waals surface area contributed by atoms with Crippen LogP contribution >= 0.6 is 0 Å². The van der Waals surface area contributed by atoms with E-state index in [1.807, 2.05) is 0 Å². The molecule has 1 aliphatic heterocycles. The van der Waals surface area contributed by atoms with Crippen LogP contribution in [0.5, 0.6) is 0 Å². The molecule has 0 spiro atoms. The van der Waals surface area contributed by atoms with Crippen molar-refractivity contribution in [2.24, 2.45) is 0 Å². The summed E-state index contributed by atoms with van der Waals surface area (Å²) in [7, 11) is 0. The van der Waals surface area contributed by atoms with Crippen LogP contribution in [0.1, 0.15) is 23.6 Å². The van der Waals surface area contributed by atoms with Gasteiger partial charge in [0, 0.05) is 37.8 Å². The van der Waals surface area contributed by atoms with Crippen molar-refractivity contribution in [1.29, 1.82) is 0 Å². The van der Waals surface area contributed by atoms with E-state index in [0.717, 1.165) is 6.07 Å². The van der Waals surface area contributed by atoms with Crippen LogP contribution in [-0.4, -0.2) is 37.3 Å². The van der Waals surface area contributed by atoms with E-state index in [2.05, 4.69) is 5.32 Å².